The van der Waals surface area contributed by atoms with Crippen molar-refractivity contribution < 1.29 is 4.74 Å². The first-order chi connectivity index (χ1) is 9.12. The lowest BCUT2D eigenvalue weighted by atomic mass is 10.3. The summed E-state index contributed by atoms with van der Waals surface area (Å²) in [6.07, 6.45) is 1.99. The molecule has 1 aromatic rings. The van der Waals surface area contributed by atoms with Crippen LogP contribution in [-0.2, 0) is 4.74 Å². The molecule has 6 heteroatoms. The SMILES string of the molecule is CCNc1cc(N(CCOC)C(C)C)nc(SC)n1. The zero-order chi connectivity index (χ0) is 14.3. The lowest BCUT2D eigenvalue weighted by Crippen LogP contribution is -2.34. The smallest absolute Gasteiger partial charge is 0.191 e. The number of nitrogens with one attached hydrogen (secondary N) is 1. The van der Waals surface area contributed by atoms with Crippen LogP contribution in [0.25, 0.3) is 0 Å². The van der Waals surface area contributed by atoms with E-state index in [1.807, 2.05) is 12.3 Å². The summed E-state index contributed by atoms with van der Waals surface area (Å²) in [5.74, 6) is 1.82. The number of methoxy groups -OCH3 is 1. The fourth-order valence-corrected chi connectivity index (χ4v) is 2.12. The summed E-state index contributed by atoms with van der Waals surface area (Å²) in [5, 5.41) is 4.04. The molecule has 1 rings (SSSR count). The molecule has 0 bridgehead atoms. The Kier molecular flexibility index (Phi) is 6.94. The van der Waals surface area contributed by atoms with Crippen LogP contribution in [0.5, 0.6) is 0 Å². The lowest BCUT2D eigenvalue weighted by Gasteiger charge is -2.28. The average Bonchev–Trinajstić information content (AvgIpc) is 2.39. The van der Waals surface area contributed by atoms with Crippen molar-refractivity contribution in [3.63, 3.8) is 0 Å². The fourth-order valence-electron chi connectivity index (χ4n) is 1.75. The Bertz CT molecular complexity index is 387. The molecule has 108 valence electrons. The van der Waals surface area contributed by atoms with E-state index in [-0.39, 0.29) is 0 Å². The standard InChI is InChI=1S/C13H24N4OS/c1-6-14-11-9-12(16-13(15-11)19-5)17(10(2)3)7-8-18-4/h9-10H,6-8H2,1-5H3,(H,14,15,16). The number of nitrogens with zero attached hydrogens (tertiary/aromatic N) is 3. The fraction of sp³-hybridized carbons (Fsp3) is 0.692. The van der Waals surface area contributed by atoms with Gasteiger partial charge in [0.1, 0.15) is 11.6 Å². The van der Waals surface area contributed by atoms with Crippen LogP contribution >= 0.6 is 11.8 Å². The predicted octanol–water partition coefficient (Wildman–Crippen LogP) is 2.49. The van der Waals surface area contributed by atoms with E-state index in [1.165, 1.54) is 0 Å². The number of hydrogen-bond acceptors (Lipinski definition) is 6. The summed E-state index contributed by atoms with van der Waals surface area (Å²) in [5.41, 5.74) is 0. The molecule has 1 heterocycles. The summed E-state index contributed by atoms with van der Waals surface area (Å²) in [6.45, 7) is 8.74. The van der Waals surface area contributed by atoms with Crippen LogP contribution in [0, 0.1) is 0 Å². The Hall–Kier alpha value is -1.01. The minimum atomic E-state index is 0.370. The van der Waals surface area contributed by atoms with Crippen LogP contribution in [0.4, 0.5) is 11.6 Å². The van der Waals surface area contributed by atoms with Crippen molar-refractivity contribution in [2.45, 2.75) is 32.0 Å². The highest BCUT2D eigenvalue weighted by Crippen LogP contribution is 2.21. The van der Waals surface area contributed by atoms with Gasteiger partial charge in [-0.05, 0) is 27.0 Å². The second kappa shape index (κ2) is 8.22. The first-order valence-electron chi connectivity index (χ1n) is 6.54. The van der Waals surface area contributed by atoms with Gasteiger partial charge in [0.05, 0.1) is 6.61 Å². The van der Waals surface area contributed by atoms with Crippen LogP contribution < -0.4 is 10.2 Å². The molecule has 0 atom stereocenters. The summed E-state index contributed by atoms with van der Waals surface area (Å²) in [6, 6.07) is 2.37. The van der Waals surface area contributed by atoms with Crippen molar-refractivity contribution in [2.24, 2.45) is 0 Å². The monoisotopic (exact) mass is 284 g/mol. The predicted molar refractivity (Wildman–Crippen MR) is 82.3 cm³/mol. The van der Waals surface area contributed by atoms with Crippen LogP contribution in [0.15, 0.2) is 11.2 Å². The molecule has 0 spiro atoms. The second-order valence-corrected chi connectivity index (χ2v) is 5.18. The molecular weight excluding hydrogens is 260 g/mol. The Balaban J connectivity index is 3.02. The molecule has 0 aliphatic rings. The number of hydrogen-bond donors (Lipinski definition) is 1. The van der Waals surface area contributed by atoms with Crippen molar-refractivity contribution in [1.82, 2.24) is 9.97 Å². The highest BCUT2D eigenvalue weighted by Gasteiger charge is 2.14. The minimum Gasteiger partial charge on any atom is -0.383 e. The number of anilines is 2. The third-order valence-electron chi connectivity index (χ3n) is 2.69. The number of aromatic nitrogens is 2. The van der Waals surface area contributed by atoms with E-state index >= 15 is 0 Å². The Morgan fingerprint density at radius 1 is 1.42 bits per heavy atom. The van der Waals surface area contributed by atoms with Crippen molar-refractivity contribution in [2.75, 3.05) is 43.3 Å². The zero-order valence-electron chi connectivity index (χ0n) is 12.4. The van der Waals surface area contributed by atoms with Gasteiger partial charge in [-0.3, -0.25) is 0 Å². The molecule has 0 amide bonds. The maximum atomic E-state index is 5.17. The maximum Gasteiger partial charge on any atom is 0.191 e. The Morgan fingerprint density at radius 3 is 2.68 bits per heavy atom. The van der Waals surface area contributed by atoms with E-state index in [0.29, 0.717) is 12.6 Å². The third kappa shape index (κ3) is 4.87. The Morgan fingerprint density at radius 2 is 2.16 bits per heavy atom. The van der Waals surface area contributed by atoms with Crippen LogP contribution in [0.2, 0.25) is 0 Å². The van der Waals surface area contributed by atoms with Gasteiger partial charge in [0.25, 0.3) is 0 Å². The van der Waals surface area contributed by atoms with Gasteiger partial charge in [0.2, 0.25) is 0 Å². The molecule has 0 aromatic carbocycles. The third-order valence-corrected chi connectivity index (χ3v) is 3.23. The zero-order valence-corrected chi connectivity index (χ0v) is 13.3. The molecule has 0 radical (unpaired) electrons. The number of thioether (sulfide) groups is 1. The molecule has 0 fully saturated rings. The first kappa shape index (κ1) is 16.0. The maximum absolute atomic E-state index is 5.17. The molecule has 0 saturated heterocycles. The second-order valence-electron chi connectivity index (χ2n) is 4.41. The number of ether oxygens (including phenoxy) is 1. The summed E-state index contributed by atoms with van der Waals surface area (Å²) in [4.78, 5) is 11.3. The van der Waals surface area contributed by atoms with Crippen LogP contribution in [-0.4, -0.2) is 49.1 Å². The quantitative estimate of drug-likeness (QED) is 0.585. The molecule has 0 aliphatic carbocycles. The van der Waals surface area contributed by atoms with Gasteiger partial charge in [-0.1, -0.05) is 11.8 Å². The van der Waals surface area contributed by atoms with Crippen molar-refractivity contribution >= 4 is 23.4 Å². The summed E-state index contributed by atoms with van der Waals surface area (Å²) >= 11 is 1.56. The van der Waals surface area contributed by atoms with E-state index in [1.54, 1.807) is 18.9 Å². The summed E-state index contributed by atoms with van der Waals surface area (Å²) in [7, 11) is 1.72. The first-order valence-corrected chi connectivity index (χ1v) is 7.77. The molecule has 1 N–H and O–H groups in total. The van der Waals surface area contributed by atoms with Crippen LogP contribution in [0.3, 0.4) is 0 Å². The molecule has 0 saturated carbocycles. The highest BCUT2D eigenvalue weighted by atomic mass is 32.2. The average molecular weight is 284 g/mol. The van der Waals surface area contributed by atoms with Gasteiger partial charge in [0.15, 0.2) is 5.16 Å². The van der Waals surface area contributed by atoms with Gasteiger partial charge < -0.3 is 15.0 Å². The topological polar surface area (TPSA) is 50.3 Å². The van der Waals surface area contributed by atoms with Gasteiger partial charge in [-0.2, -0.15) is 0 Å². The molecule has 19 heavy (non-hydrogen) atoms. The minimum absolute atomic E-state index is 0.370. The van der Waals surface area contributed by atoms with E-state index in [9.17, 15) is 0 Å². The van der Waals surface area contributed by atoms with Crippen molar-refractivity contribution in [1.29, 1.82) is 0 Å². The van der Waals surface area contributed by atoms with Crippen LogP contribution in [0.1, 0.15) is 20.8 Å². The lowest BCUT2D eigenvalue weighted by molar-refractivity contribution is 0.203. The largest absolute Gasteiger partial charge is 0.383 e. The molecular formula is C13H24N4OS. The molecule has 1 aromatic heterocycles. The van der Waals surface area contributed by atoms with Gasteiger partial charge >= 0.3 is 0 Å². The number of rotatable bonds is 8. The van der Waals surface area contributed by atoms with Gasteiger partial charge in [0, 0.05) is 32.3 Å². The Labute approximate surface area is 120 Å². The van der Waals surface area contributed by atoms with E-state index < -0.39 is 0 Å². The van der Waals surface area contributed by atoms with Crippen molar-refractivity contribution in [3.8, 4) is 0 Å². The van der Waals surface area contributed by atoms with Gasteiger partial charge in [-0.25, -0.2) is 9.97 Å². The van der Waals surface area contributed by atoms with Crippen molar-refractivity contribution in [3.05, 3.63) is 6.07 Å². The summed E-state index contributed by atoms with van der Waals surface area (Å²) < 4.78 is 5.17. The highest BCUT2D eigenvalue weighted by molar-refractivity contribution is 7.98. The molecule has 0 unspecified atom stereocenters. The molecule has 0 aliphatic heterocycles. The van der Waals surface area contributed by atoms with Gasteiger partial charge in [-0.15, -0.1) is 0 Å². The van der Waals surface area contributed by atoms with E-state index in [4.69, 9.17) is 4.74 Å². The normalized spacial score (nSPS) is 10.8. The van der Waals surface area contributed by atoms with E-state index in [2.05, 4.69) is 41.0 Å². The molecule has 5 nitrogen and oxygen atoms in total. The van der Waals surface area contributed by atoms with E-state index in [0.717, 1.165) is 29.9 Å².